The molecule has 0 aliphatic carbocycles. The third-order valence-corrected chi connectivity index (χ3v) is 6.76. The number of nitrogens with one attached hydrogen (secondary N) is 1. The number of hydrogen-bond donors (Lipinski definition) is 1. The Kier molecular flexibility index (Phi) is 8.22. The number of rotatable bonds is 8. The lowest BCUT2D eigenvalue weighted by atomic mass is 10.0. The number of halogens is 3. The molecule has 2 aliphatic rings. The maximum atomic E-state index is 13.6. The number of fused-ring (bicyclic) bond motifs is 1. The fourth-order valence-corrected chi connectivity index (χ4v) is 5.11. The summed E-state index contributed by atoms with van der Waals surface area (Å²) < 4.78 is 41.1. The van der Waals surface area contributed by atoms with Gasteiger partial charge in [-0.05, 0) is 54.7 Å². The van der Waals surface area contributed by atoms with Crippen LogP contribution in [0.25, 0.3) is 0 Å². The lowest BCUT2D eigenvalue weighted by molar-refractivity contribution is -0.274. The van der Waals surface area contributed by atoms with E-state index < -0.39 is 42.1 Å². The Labute approximate surface area is 223 Å². The lowest BCUT2D eigenvalue weighted by Crippen LogP contribution is -2.53. The van der Waals surface area contributed by atoms with Crippen LogP contribution < -0.4 is 10.1 Å². The summed E-state index contributed by atoms with van der Waals surface area (Å²) in [5, 5.41) is 2.68. The third kappa shape index (κ3) is 6.73. The highest BCUT2D eigenvalue weighted by molar-refractivity contribution is 6.01. The van der Waals surface area contributed by atoms with Gasteiger partial charge in [0.2, 0.25) is 11.8 Å². The second-order valence-electron chi connectivity index (χ2n) is 10.1. The number of benzene rings is 1. The van der Waals surface area contributed by atoms with Crippen molar-refractivity contribution in [3.05, 3.63) is 59.9 Å². The summed E-state index contributed by atoms with van der Waals surface area (Å²) in [6.45, 7) is 3.92. The molecule has 1 N–H and O–H groups in total. The van der Waals surface area contributed by atoms with Crippen molar-refractivity contribution in [2.75, 3.05) is 13.1 Å². The van der Waals surface area contributed by atoms with Crippen molar-refractivity contribution < 1.29 is 37.1 Å². The van der Waals surface area contributed by atoms with Crippen LogP contribution in [-0.2, 0) is 20.8 Å². The number of alkyl halides is 3. The molecule has 0 saturated carbocycles. The number of aromatic nitrogens is 1. The van der Waals surface area contributed by atoms with E-state index in [4.69, 9.17) is 0 Å². The average Bonchev–Trinajstić information content (AvgIpc) is 3.44. The first-order chi connectivity index (χ1) is 18.4. The van der Waals surface area contributed by atoms with E-state index in [0.717, 1.165) is 17.7 Å². The number of Topliss-reactive ketones (excluding diaryl/α,β-unsaturated/α-hetero) is 1. The molecule has 1 aromatic heterocycles. The molecule has 2 saturated heterocycles. The molecule has 208 valence electrons. The van der Waals surface area contributed by atoms with Crippen molar-refractivity contribution >= 4 is 23.5 Å². The topological polar surface area (TPSA) is 109 Å². The quantitative estimate of drug-likeness (QED) is 0.546. The number of amides is 3. The fourth-order valence-electron chi connectivity index (χ4n) is 5.11. The van der Waals surface area contributed by atoms with Crippen LogP contribution in [0.15, 0.2) is 48.8 Å². The summed E-state index contributed by atoms with van der Waals surface area (Å²) >= 11 is 0. The van der Waals surface area contributed by atoms with E-state index in [1.807, 2.05) is 13.8 Å². The van der Waals surface area contributed by atoms with Crippen LogP contribution in [0.2, 0.25) is 0 Å². The zero-order chi connectivity index (χ0) is 28.3. The maximum Gasteiger partial charge on any atom is 0.573 e. The molecule has 3 unspecified atom stereocenters. The molecule has 0 radical (unpaired) electrons. The normalized spacial score (nSPS) is 19.7. The van der Waals surface area contributed by atoms with Crippen molar-refractivity contribution in [1.82, 2.24) is 20.1 Å². The highest BCUT2D eigenvalue weighted by atomic mass is 19.4. The van der Waals surface area contributed by atoms with Crippen LogP contribution in [0, 0.1) is 5.92 Å². The van der Waals surface area contributed by atoms with E-state index in [9.17, 15) is 32.3 Å². The summed E-state index contributed by atoms with van der Waals surface area (Å²) in [4.78, 5) is 59.4. The van der Waals surface area contributed by atoms with E-state index in [2.05, 4.69) is 15.0 Å². The smallest absolute Gasteiger partial charge is 0.406 e. The Hall–Kier alpha value is -3.96. The minimum Gasteiger partial charge on any atom is -0.406 e. The van der Waals surface area contributed by atoms with Gasteiger partial charge in [0, 0.05) is 24.5 Å². The summed E-state index contributed by atoms with van der Waals surface area (Å²) in [6, 6.07) is 5.68. The summed E-state index contributed by atoms with van der Waals surface area (Å²) in [5.74, 6) is -1.99. The van der Waals surface area contributed by atoms with Gasteiger partial charge in [-0.25, -0.2) is 0 Å². The number of nitrogens with zero attached hydrogens (tertiary/aromatic N) is 3. The van der Waals surface area contributed by atoms with Gasteiger partial charge < -0.3 is 19.9 Å². The molecule has 12 heteroatoms. The third-order valence-electron chi connectivity index (χ3n) is 6.76. The SMILES string of the molecule is CC(C)CC(NC(=O)c1ccc(OC(F)(F)F)cc1)C(=O)N1CCC2C1C(=O)CN2C(=O)Cc1cccnc1. The molecular weight excluding hydrogens is 517 g/mol. The molecule has 1 aromatic carbocycles. The lowest BCUT2D eigenvalue weighted by Gasteiger charge is -2.29. The second-order valence-corrected chi connectivity index (χ2v) is 10.1. The van der Waals surface area contributed by atoms with Crippen LogP contribution in [-0.4, -0.2) is 75.9 Å². The van der Waals surface area contributed by atoms with Gasteiger partial charge in [0.25, 0.3) is 5.91 Å². The van der Waals surface area contributed by atoms with E-state index in [1.54, 1.807) is 24.5 Å². The minimum absolute atomic E-state index is 0.0112. The van der Waals surface area contributed by atoms with Crippen LogP contribution >= 0.6 is 0 Å². The molecule has 3 atom stereocenters. The molecular formula is C27H29F3N4O5. The molecule has 39 heavy (non-hydrogen) atoms. The standard InChI is InChI=1S/C27H29F3N4O5/c1-16(2)12-20(32-25(37)18-5-7-19(8-6-18)39-27(28,29)30)26(38)33-11-9-21-24(33)22(35)15-34(21)23(36)13-17-4-3-10-31-14-17/h3-8,10,14,16,20-21,24H,9,11-13,15H2,1-2H3,(H,32,37). The van der Waals surface area contributed by atoms with E-state index in [-0.39, 0.29) is 49.1 Å². The average molecular weight is 547 g/mol. The molecule has 2 fully saturated rings. The molecule has 3 amide bonds. The largest absolute Gasteiger partial charge is 0.573 e. The van der Waals surface area contributed by atoms with Gasteiger partial charge in [-0.3, -0.25) is 24.2 Å². The highest BCUT2D eigenvalue weighted by Gasteiger charge is 2.52. The molecule has 4 rings (SSSR count). The first kappa shape index (κ1) is 28.1. The molecule has 2 aliphatic heterocycles. The zero-order valence-electron chi connectivity index (χ0n) is 21.5. The summed E-state index contributed by atoms with van der Waals surface area (Å²) in [7, 11) is 0. The first-order valence-electron chi connectivity index (χ1n) is 12.6. The second kappa shape index (κ2) is 11.4. The number of hydrogen-bond acceptors (Lipinski definition) is 6. The van der Waals surface area contributed by atoms with Crippen LogP contribution in [0.1, 0.15) is 42.6 Å². The summed E-state index contributed by atoms with van der Waals surface area (Å²) in [6.07, 6.45) is -0.850. The molecule has 9 nitrogen and oxygen atoms in total. The van der Waals surface area contributed by atoms with Gasteiger partial charge in [-0.2, -0.15) is 0 Å². The predicted octanol–water partition coefficient (Wildman–Crippen LogP) is 2.75. The van der Waals surface area contributed by atoms with Crippen molar-refractivity contribution in [2.24, 2.45) is 5.92 Å². The van der Waals surface area contributed by atoms with Gasteiger partial charge >= 0.3 is 6.36 Å². The number of carbonyl (C=O) groups excluding carboxylic acids is 4. The van der Waals surface area contributed by atoms with Gasteiger partial charge in [0.15, 0.2) is 5.78 Å². The Bertz CT molecular complexity index is 1220. The van der Waals surface area contributed by atoms with Crippen LogP contribution in [0.5, 0.6) is 5.75 Å². The van der Waals surface area contributed by atoms with Crippen molar-refractivity contribution in [3.63, 3.8) is 0 Å². The van der Waals surface area contributed by atoms with Crippen LogP contribution in [0.3, 0.4) is 0 Å². The van der Waals surface area contributed by atoms with Crippen molar-refractivity contribution in [2.45, 2.75) is 57.6 Å². The van der Waals surface area contributed by atoms with E-state index in [1.165, 1.54) is 21.9 Å². The Balaban J connectivity index is 1.45. The van der Waals surface area contributed by atoms with Gasteiger partial charge in [-0.15, -0.1) is 13.2 Å². The van der Waals surface area contributed by atoms with Gasteiger partial charge in [-0.1, -0.05) is 19.9 Å². The van der Waals surface area contributed by atoms with Crippen molar-refractivity contribution in [3.8, 4) is 5.75 Å². The maximum absolute atomic E-state index is 13.6. The number of pyridine rings is 1. The fraction of sp³-hybridized carbons (Fsp3) is 0.444. The number of ketones is 1. The predicted molar refractivity (Wildman–Crippen MR) is 132 cm³/mol. The summed E-state index contributed by atoms with van der Waals surface area (Å²) in [5.41, 5.74) is 0.775. The van der Waals surface area contributed by atoms with Gasteiger partial charge in [0.05, 0.1) is 19.0 Å². The Morgan fingerprint density at radius 2 is 1.85 bits per heavy atom. The molecule has 0 bridgehead atoms. The highest BCUT2D eigenvalue weighted by Crippen LogP contribution is 2.31. The van der Waals surface area contributed by atoms with E-state index in [0.29, 0.717) is 6.42 Å². The molecule has 3 heterocycles. The van der Waals surface area contributed by atoms with Crippen LogP contribution in [0.4, 0.5) is 13.2 Å². The molecule has 0 spiro atoms. The number of likely N-dealkylation sites (tertiary alicyclic amines) is 2. The molecule has 2 aromatic rings. The first-order valence-corrected chi connectivity index (χ1v) is 12.6. The zero-order valence-corrected chi connectivity index (χ0v) is 21.5. The van der Waals surface area contributed by atoms with Gasteiger partial charge in [0.1, 0.15) is 17.8 Å². The Morgan fingerprint density at radius 3 is 2.46 bits per heavy atom. The Morgan fingerprint density at radius 1 is 1.13 bits per heavy atom. The number of carbonyl (C=O) groups is 4. The monoisotopic (exact) mass is 546 g/mol. The number of ether oxygens (including phenoxy) is 1. The minimum atomic E-state index is -4.86. The van der Waals surface area contributed by atoms with Crippen molar-refractivity contribution in [1.29, 1.82) is 0 Å². The van der Waals surface area contributed by atoms with E-state index >= 15 is 0 Å².